The van der Waals surface area contributed by atoms with E-state index in [0.29, 0.717) is 12.8 Å². The van der Waals surface area contributed by atoms with Crippen molar-refractivity contribution in [1.29, 1.82) is 0 Å². The zero-order chi connectivity index (χ0) is 15.3. The monoisotopic (exact) mass is 294 g/mol. The van der Waals surface area contributed by atoms with Gasteiger partial charge in [-0.1, -0.05) is 19.8 Å². The Morgan fingerprint density at radius 1 is 1.26 bits per heavy atom. The molecule has 0 saturated carbocycles. The second-order valence-corrected chi connectivity index (χ2v) is 7.55. The number of hydrogen-bond acceptors (Lipinski definition) is 5. The number of carbonyl (C=O) groups is 2. The largest absolute Gasteiger partial charge is 0.480 e. The molecule has 0 aliphatic rings. The normalized spacial score (nSPS) is 13.9. The summed E-state index contributed by atoms with van der Waals surface area (Å²) < 4.78 is 28.7. The third kappa shape index (κ3) is 7.15. The molecule has 0 heterocycles. The fourth-order valence-corrected chi connectivity index (χ4v) is 2.90. The Hall–Kier alpha value is -1.11. The van der Waals surface area contributed by atoms with E-state index >= 15 is 0 Å². The highest BCUT2D eigenvalue weighted by atomic mass is 32.2. The van der Waals surface area contributed by atoms with Crippen LogP contribution in [-0.4, -0.2) is 42.1 Å². The van der Waals surface area contributed by atoms with Crippen LogP contribution in [0.5, 0.6) is 0 Å². The van der Waals surface area contributed by atoms with Crippen LogP contribution in [0.1, 0.15) is 47.0 Å². The lowest BCUT2D eigenvalue weighted by Crippen LogP contribution is -2.37. The van der Waals surface area contributed by atoms with Gasteiger partial charge in [-0.15, -0.1) is 0 Å². The van der Waals surface area contributed by atoms with Crippen molar-refractivity contribution < 1.29 is 27.9 Å². The van der Waals surface area contributed by atoms with Gasteiger partial charge < -0.3 is 9.84 Å². The average Bonchev–Trinajstić information content (AvgIpc) is 2.12. The number of ether oxygens (including phenoxy) is 1. The van der Waals surface area contributed by atoms with Gasteiger partial charge in [0, 0.05) is 0 Å². The Kier molecular flexibility index (Phi) is 6.48. The van der Waals surface area contributed by atoms with Crippen LogP contribution in [0.3, 0.4) is 0 Å². The molecule has 0 aromatic carbocycles. The summed E-state index contributed by atoms with van der Waals surface area (Å²) in [7, 11) is -4.04. The number of carboxylic acid groups (broad SMARTS) is 1. The summed E-state index contributed by atoms with van der Waals surface area (Å²) in [5.41, 5.74) is -0.797. The van der Waals surface area contributed by atoms with Crippen LogP contribution >= 0.6 is 0 Å². The number of hydrogen-bond donors (Lipinski definition) is 1. The van der Waals surface area contributed by atoms with E-state index in [0.717, 1.165) is 0 Å². The van der Waals surface area contributed by atoms with E-state index in [2.05, 4.69) is 0 Å². The Labute approximate surface area is 114 Å². The van der Waals surface area contributed by atoms with Gasteiger partial charge in [-0.05, 0) is 27.2 Å². The lowest BCUT2D eigenvalue weighted by molar-refractivity contribution is -0.151. The van der Waals surface area contributed by atoms with E-state index < -0.39 is 38.4 Å². The van der Waals surface area contributed by atoms with E-state index in [9.17, 15) is 18.0 Å². The molecular weight excluding hydrogens is 272 g/mol. The maximum atomic E-state index is 11.9. The van der Waals surface area contributed by atoms with Gasteiger partial charge in [0.2, 0.25) is 0 Å². The summed E-state index contributed by atoms with van der Waals surface area (Å²) in [5, 5.41) is 7.41. The maximum absolute atomic E-state index is 11.9. The van der Waals surface area contributed by atoms with Crippen LogP contribution in [0.25, 0.3) is 0 Å². The minimum atomic E-state index is -4.04. The van der Waals surface area contributed by atoms with E-state index in [4.69, 9.17) is 9.84 Å². The number of esters is 1. The Balaban J connectivity index is 4.83. The summed E-state index contributed by atoms with van der Waals surface area (Å²) in [6.45, 7) is 6.68. The number of rotatable bonds is 7. The minimum absolute atomic E-state index is 0.0109. The van der Waals surface area contributed by atoms with Gasteiger partial charge in [-0.25, -0.2) is 8.42 Å². The van der Waals surface area contributed by atoms with Gasteiger partial charge >= 0.3 is 11.9 Å². The molecule has 1 unspecified atom stereocenters. The third-order valence-electron chi connectivity index (χ3n) is 2.27. The topological polar surface area (TPSA) is 97.7 Å². The first kappa shape index (κ1) is 17.9. The molecule has 0 bridgehead atoms. The molecule has 0 fully saturated rings. The highest BCUT2D eigenvalue weighted by Crippen LogP contribution is 2.14. The fourth-order valence-electron chi connectivity index (χ4n) is 1.48. The highest BCUT2D eigenvalue weighted by Gasteiger charge is 2.35. The molecule has 0 spiro atoms. The Morgan fingerprint density at radius 2 is 1.79 bits per heavy atom. The van der Waals surface area contributed by atoms with Crippen molar-refractivity contribution in [3.05, 3.63) is 0 Å². The number of carboxylic acids is 1. The molecule has 1 atom stereocenters. The number of sulfone groups is 1. The zero-order valence-corrected chi connectivity index (χ0v) is 12.6. The number of unbranched alkanes of at least 4 members (excludes halogenated alkanes) is 1. The molecule has 112 valence electrons. The molecule has 7 heteroatoms. The molecule has 0 saturated heterocycles. The van der Waals surface area contributed by atoms with Gasteiger partial charge in [0.15, 0.2) is 15.1 Å². The maximum Gasteiger partial charge on any atom is 0.321 e. The molecule has 0 aliphatic carbocycles. The van der Waals surface area contributed by atoms with Crippen molar-refractivity contribution in [1.82, 2.24) is 0 Å². The average molecular weight is 294 g/mol. The second kappa shape index (κ2) is 6.88. The van der Waals surface area contributed by atoms with Crippen molar-refractivity contribution in [3.63, 3.8) is 0 Å². The quantitative estimate of drug-likeness (QED) is 0.712. The molecule has 0 amide bonds. The molecule has 0 aliphatic heterocycles. The molecule has 0 aromatic heterocycles. The third-order valence-corrected chi connectivity index (χ3v) is 4.21. The van der Waals surface area contributed by atoms with Gasteiger partial charge in [0.1, 0.15) is 11.4 Å². The Bertz CT molecular complexity index is 418. The van der Waals surface area contributed by atoms with Crippen LogP contribution in [0.15, 0.2) is 0 Å². The van der Waals surface area contributed by atoms with Gasteiger partial charge in [-0.2, -0.15) is 0 Å². The van der Waals surface area contributed by atoms with Crippen molar-refractivity contribution in [2.24, 2.45) is 0 Å². The molecule has 6 nitrogen and oxygen atoms in total. The van der Waals surface area contributed by atoms with E-state index in [-0.39, 0.29) is 6.42 Å². The van der Waals surface area contributed by atoms with Crippen molar-refractivity contribution in [2.45, 2.75) is 57.8 Å². The number of aliphatic carboxylic acids is 1. The van der Waals surface area contributed by atoms with E-state index in [1.54, 1.807) is 20.8 Å². The molecule has 0 radical (unpaired) electrons. The molecule has 0 rings (SSSR count). The van der Waals surface area contributed by atoms with Gasteiger partial charge in [0.25, 0.3) is 0 Å². The van der Waals surface area contributed by atoms with Crippen molar-refractivity contribution >= 4 is 21.8 Å². The second-order valence-electron chi connectivity index (χ2n) is 5.36. The van der Waals surface area contributed by atoms with E-state index in [1.165, 1.54) is 0 Å². The predicted octanol–water partition coefficient (Wildman–Crippen LogP) is 1.39. The van der Waals surface area contributed by atoms with Crippen LogP contribution in [0, 0.1) is 0 Å². The van der Waals surface area contributed by atoms with Gasteiger partial charge in [-0.3, -0.25) is 9.59 Å². The smallest absolute Gasteiger partial charge is 0.321 e. The van der Waals surface area contributed by atoms with Crippen LogP contribution < -0.4 is 0 Å². The summed E-state index contributed by atoms with van der Waals surface area (Å²) >= 11 is 0. The first-order valence-corrected chi connectivity index (χ1v) is 7.87. The first-order valence-electron chi connectivity index (χ1n) is 6.16. The van der Waals surface area contributed by atoms with Crippen LogP contribution in [0.4, 0.5) is 0 Å². The standard InChI is InChI=1S/C12H22O6S/c1-5-6-7-9(11(14)15)19(16,17)8-10(13)18-12(2,3)4/h9H,5-8H2,1-4H3,(H,14,15). The van der Waals surface area contributed by atoms with Crippen LogP contribution in [-0.2, 0) is 24.2 Å². The first-order chi connectivity index (χ1) is 8.49. The van der Waals surface area contributed by atoms with E-state index in [1.807, 2.05) is 6.92 Å². The summed E-state index contributed by atoms with van der Waals surface area (Å²) in [4.78, 5) is 22.5. The fraction of sp³-hybridized carbons (Fsp3) is 0.833. The molecular formula is C12H22O6S. The lowest BCUT2D eigenvalue weighted by Gasteiger charge is -2.20. The highest BCUT2D eigenvalue weighted by molar-refractivity contribution is 7.93. The van der Waals surface area contributed by atoms with Crippen LogP contribution in [0.2, 0.25) is 0 Å². The Morgan fingerprint density at radius 3 is 2.16 bits per heavy atom. The van der Waals surface area contributed by atoms with Crippen molar-refractivity contribution in [2.75, 3.05) is 5.75 Å². The predicted molar refractivity (Wildman–Crippen MR) is 70.6 cm³/mol. The summed E-state index contributed by atoms with van der Waals surface area (Å²) in [5.74, 6) is -3.24. The summed E-state index contributed by atoms with van der Waals surface area (Å²) in [6, 6.07) is 0. The molecule has 19 heavy (non-hydrogen) atoms. The minimum Gasteiger partial charge on any atom is -0.480 e. The van der Waals surface area contributed by atoms with Gasteiger partial charge in [0.05, 0.1) is 0 Å². The molecule has 0 aromatic rings. The molecule has 1 N–H and O–H groups in total. The van der Waals surface area contributed by atoms with Crippen molar-refractivity contribution in [3.8, 4) is 0 Å². The zero-order valence-electron chi connectivity index (χ0n) is 11.8. The SMILES string of the molecule is CCCCC(C(=O)O)S(=O)(=O)CC(=O)OC(C)(C)C. The summed E-state index contributed by atoms with van der Waals surface area (Å²) in [6.07, 6.45) is 1.17. The number of carbonyl (C=O) groups excluding carboxylic acids is 1. The lowest BCUT2D eigenvalue weighted by atomic mass is 10.2.